The summed E-state index contributed by atoms with van der Waals surface area (Å²) in [5.41, 5.74) is 5.58. The van der Waals surface area contributed by atoms with Gasteiger partial charge in [0, 0.05) is 25.2 Å². The van der Waals surface area contributed by atoms with E-state index < -0.39 is 12.1 Å². The van der Waals surface area contributed by atoms with E-state index in [1.807, 2.05) is 36.2 Å². The van der Waals surface area contributed by atoms with Crippen LogP contribution in [0.3, 0.4) is 0 Å². The first-order valence-corrected chi connectivity index (χ1v) is 11.2. The van der Waals surface area contributed by atoms with Gasteiger partial charge in [-0.15, -0.1) is 0 Å². The fourth-order valence-electron chi connectivity index (χ4n) is 4.32. The minimum absolute atomic E-state index is 0.0318. The lowest BCUT2D eigenvalue weighted by atomic mass is 9.98. The molecule has 0 fully saturated rings. The molecule has 1 aliphatic carbocycles. The molecule has 1 amide bonds. The maximum Gasteiger partial charge on any atom is 0.411 e. The van der Waals surface area contributed by atoms with Crippen LogP contribution in [-0.4, -0.2) is 37.4 Å². The Morgan fingerprint density at radius 3 is 2.24 bits per heavy atom. The van der Waals surface area contributed by atoms with E-state index in [-0.39, 0.29) is 23.8 Å². The summed E-state index contributed by atoms with van der Waals surface area (Å²) in [5, 5.41) is 12.3. The van der Waals surface area contributed by atoms with Gasteiger partial charge in [-0.25, -0.2) is 9.59 Å². The number of carbonyl (C=O) groups excluding carboxylic acids is 1. The van der Waals surface area contributed by atoms with Crippen LogP contribution in [0.25, 0.3) is 11.1 Å². The number of anilines is 2. The molecule has 170 valence electrons. The first-order valence-electron chi connectivity index (χ1n) is 11.2. The van der Waals surface area contributed by atoms with Crippen molar-refractivity contribution in [2.45, 2.75) is 25.7 Å². The van der Waals surface area contributed by atoms with E-state index in [0.717, 1.165) is 47.3 Å². The molecule has 4 rings (SSSR count). The molecule has 3 aromatic rings. The van der Waals surface area contributed by atoms with Crippen LogP contribution in [-0.2, 0) is 4.74 Å². The number of aromatic carboxylic acids is 1. The van der Waals surface area contributed by atoms with E-state index in [1.54, 1.807) is 18.2 Å². The molecule has 0 spiro atoms. The molecule has 0 aromatic heterocycles. The van der Waals surface area contributed by atoms with Crippen molar-refractivity contribution >= 4 is 23.4 Å². The number of fused-ring (bicyclic) bond motifs is 3. The number of rotatable bonds is 8. The molecule has 1 aliphatic rings. The van der Waals surface area contributed by atoms with Crippen molar-refractivity contribution < 1.29 is 19.4 Å². The number of benzene rings is 3. The Morgan fingerprint density at radius 1 is 1.00 bits per heavy atom. The summed E-state index contributed by atoms with van der Waals surface area (Å²) >= 11 is 0. The molecule has 0 atom stereocenters. The number of carbonyl (C=O) groups is 2. The lowest BCUT2D eigenvalue weighted by Gasteiger charge is -2.20. The average molecular weight is 445 g/mol. The van der Waals surface area contributed by atoms with Gasteiger partial charge in [-0.3, -0.25) is 5.32 Å². The van der Waals surface area contributed by atoms with Crippen LogP contribution in [0.1, 0.15) is 47.2 Å². The first-order chi connectivity index (χ1) is 16.0. The summed E-state index contributed by atoms with van der Waals surface area (Å²) < 4.78 is 5.56. The number of ether oxygens (including phenoxy) is 1. The first kappa shape index (κ1) is 22.4. The van der Waals surface area contributed by atoms with E-state index >= 15 is 0 Å². The van der Waals surface area contributed by atoms with Crippen molar-refractivity contribution in [2.24, 2.45) is 0 Å². The Hall–Kier alpha value is -3.80. The maximum atomic E-state index is 12.6. The average Bonchev–Trinajstić information content (AvgIpc) is 3.15. The third kappa shape index (κ3) is 4.70. The predicted molar refractivity (Wildman–Crippen MR) is 130 cm³/mol. The molecule has 0 saturated carbocycles. The van der Waals surface area contributed by atoms with Gasteiger partial charge < -0.3 is 14.7 Å². The van der Waals surface area contributed by atoms with Gasteiger partial charge in [-0.05, 0) is 46.9 Å². The van der Waals surface area contributed by atoms with Crippen LogP contribution in [0.5, 0.6) is 0 Å². The molecule has 0 heterocycles. The Kier molecular flexibility index (Phi) is 6.63. The van der Waals surface area contributed by atoms with Gasteiger partial charge in [0.25, 0.3) is 0 Å². The van der Waals surface area contributed by atoms with Gasteiger partial charge in [-0.1, -0.05) is 61.9 Å². The normalized spacial score (nSPS) is 12.1. The molecule has 6 nitrogen and oxygen atoms in total. The van der Waals surface area contributed by atoms with E-state index in [0.29, 0.717) is 0 Å². The minimum Gasteiger partial charge on any atom is -0.478 e. The highest BCUT2D eigenvalue weighted by atomic mass is 16.5. The molecular weight excluding hydrogens is 416 g/mol. The summed E-state index contributed by atoms with van der Waals surface area (Å²) in [6, 6.07) is 21.2. The molecule has 6 heteroatoms. The number of amides is 1. The Labute approximate surface area is 193 Å². The zero-order valence-electron chi connectivity index (χ0n) is 18.9. The van der Waals surface area contributed by atoms with E-state index in [9.17, 15) is 14.7 Å². The molecule has 0 aliphatic heterocycles. The fraction of sp³-hybridized carbons (Fsp3) is 0.259. The zero-order valence-corrected chi connectivity index (χ0v) is 18.9. The maximum absolute atomic E-state index is 12.6. The van der Waals surface area contributed by atoms with E-state index in [4.69, 9.17) is 4.74 Å². The number of unbranched alkanes of at least 4 members (excludes halogenated alkanes) is 1. The Bertz CT molecular complexity index is 1130. The van der Waals surface area contributed by atoms with Gasteiger partial charge in [0.2, 0.25) is 0 Å². The smallest absolute Gasteiger partial charge is 0.411 e. The summed E-state index contributed by atoms with van der Waals surface area (Å²) in [6.45, 7) is 3.10. The van der Waals surface area contributed by atoms with Gasteiger partial charge in [0.05, 0.1) is 11.3 Å². The Balaban J connectivity index is 1.47. The fourth-order valence-corrected chi connectivity index (χ4v) is 4.32. The van der Waals surface area contributed by atoms with Crippen LogP contribution < -0.4 is 10.2 Å². The summed E-state index contributed by atoms with van der Waals surface area (Å²) in [6.07, 6.45) is 1.39. The topological polar surface area (TPSA) is 78.9 Å². The second-order valence-corrected chi connectivity index (χ2v) is 8.26. The largest absolute Gasteiger partial charge is 0.478 e. The number of hydrogen-bond acceptors (Lipinski definition) is 4. The second-order valence-electron chi connectivity index (χ2n) is 8.26. The van der Waals surface area contributed by atoms with Gasteiger partial charge in [-0.2, -0.15) is 0 Å². The van der Waals surface area contributed by atoms with Crippen LogP contribution in [0.2, 0.25) is 0 Å². The lowest BCUT2D eigenvalue weighted by Crippen LogP contribution is -2.21. The standard InChI is InChI=1S/C27H28N2O4/c1-3-4-15-29(2)18-13-14-25(23(16-18)26(30)31)28-27(32)33-17-24-21-11-7-5-9-19(21)20-10-6-8-12-22(20)24/h5-14,16,24H,3-4,15,17H2,1-2H3,(H,28,32)(H,30,31). The lowest BCUT2D eigenvalue weighted by molar-refractivity contribution is 0.0698. The SMILES string of the molecule is CCCCN(C)c1ccc(NC(=O)OCC2c3ccccc3-c3ccccc32)c(C(=O)O)c1. The summed E-state index contributed by atoms with van der Waals surface area (Å²) in [5.74, 6) is -1.16. The zero-order chi connectivity index (χ0) is 23.4. The van der Waals surface area contributed by atoms with E-state index in [1.165, 1.54) is 0 Å². The monoisotopic (exact) mass is 444 g/mol. The number of carboxylic acid groups (broad SMARTS) is 1. The van der Waals surface area contributed by atoms with E-state index in [2.05, 4.69) is 36.5 Å². The van der Waals surface area contributed by atoms with Crippen molar-refractivity contribution in [2.75, 3.05) is 30.4 Å². The number of nitrogens with zero attached hydrogens (tertiary/aromatic N) is 1. The quantitative estimate of drug-likeness (QED) is 0.447. The highest BCUT2D eigenvalue weighted by Crippen LogP contribution is 2.44. The number of carboxylic acids is 1. The molecule has 0 saturated heterocycles. The van der Waals surface area contributed by atoms with Gasteiger partial charge in [0.1, 0.15) is 6.61 Å². The van der Waals surface area contributed by atoms with Crippen molar-refractivity contribution in [1.29, 1.82) is 0 Å². The van der Waals surface area contributed by atoms with Gasteiger partial charge in [0.15, 0.2) is 0 Å². The molecule has 0 bridgehead atoms. The molecule has 3 aromatic carbocycles. The molecule has 0 unspecified atom stereocenters. The van der Waals surface area contributed by atoms with Crippen molar-refractivity contribution in [3.63, 3.8) is 0 Å². The third-order valence-corrected chi connectivity index (χ3v) is 6.10. The van der Waals surface area contributed by atoms with Crippen LogP contribution >= 0.6 is 0 Å². The van der Waals surface area contributed by atoms with Crippen LogP contribution in [0.15, 0.2) is 66.7 Å². The highest BCUT2D eigenvalue weighted by molar-refractivity contribution is 5.99. The van der Waals surface area contributed by atoms with Crippen molar-refractivity contribution in [3.05, 3.63) is 83.4 Å². The molecule has 0 radical (unpaired) electrons. The van der Waals surface area contributed by atoms with Crippen molar-refractivity contribution in [3.8, 4) is 11.1 Å². The molecular formula is C27H28N2O4. The number of hydrogen-bond donors (Lipinski definition) is 2. The summed E-state index contributed by atoms with van der Waals surface area (Å²) in [7, 11) is 1.93. The number of nitrogens with one attached hydrogen (secondary N) is 1. The Morgan fingerprint density at radius 2 is 1.64 bits per heavy atom. The van der Waals surface area contributed by atoms with Gasteiger partial charge >= 0.3 is 12.1 Å². The second kappa shape index (κ2) is 9.77. The molecule has 33 heavy (non-hydrogen) atoms. The third-order valence-electron chi connectivity index (χ3n) is 6.10. The molecule has 2 N–H and O–H groups in total. The summed E-state index contributed by atoms with van der Waals surface area (Å²) in [4.78, 5) is 26.4. The van der Waals surface area contributed by atoms with Crippen molar-refractivity contribution in [1.82, 2.24) is 0 Å². The predicted octanol–water partition coefficient (Wildman–Crippen LogP) is 5.98. The van der Waals surface area contributed by atoms with Crippen LogP contribution in [0.4, 0.5) is 16.2 Å². The minimum atomic E-state index is -1.10. The highest BCUT2D eigenvalue weighted by Gasteiger charge is 2.29. The van der Waals surface area contributed by atoms with Crippen LogP contribution in [0, 0.1) is 0 Å².